The van der Waals surface area contributed by atoms with Crippen LogP contribution in [0, 0.1) is 0 Å². The molecule has 0 bridgehead atoms. The van der Waals surface area contributed by atoms with E-state index in [-0.39, 0.29) is 12.4 Å². The van der Waals surface area contributed by atoms with Gasteiger partial charge >= 0.3 is 0 Å². The van der Waals surface area contributed by atoms with E-state index in [1.165, 1.54) is 5.56 Å². The molecule has 1 aromatic rings. The van der Waals surface area contributed by atoms with Crippen LogP contribution < -0.4 is 0 Å². The lowest BCUT2D eigenvalue weighted by atomic mass is 10.0. The van der Waals surface area contributed by atoms with Crippen LogP contribution in [-0.2, 0) is 0 Å². The Hall–Kier alpha value is -0.180. The van der Waals surface area contributed by atoms with E-state index in [9.17, 15) is 0 Å². The van der Waals surface area contributed by atoms with Gasteiger partial charge in [-0.05, 0) is 12.5 Å². The maximum absolute atomic E-state index is 4.41. The SMILES string of the molecule is C[C@H](c1ccccc1)N1CC(S)C1.Cl. The van der Waals surface area contributed by atoms with E-state index >= 15 is 0 Å². The van der Waals surface area contributed by atoms with Crippen molar-refractivity contribution in [3.05, 3.63) is 35.9 Å². The normalized spacial score (nSPS) is 19.6. The first-order valence-corrected chi connectivity index (χ1v) is 5.26. The van der Waals surface area contributed by atoms with Gasteiger partial charge in [-0.25, -0.2) is 0 Å². The van der Waals surface area contributed by atoms with Gasteiger partial charge in [0.1, 0.15) is 0 Å². The van der Waals surface area contributed by atoms with Gasteiger partial charge in [0.2, 0.25) is 0 Å². The first-order chi connectivity index (χ1) is 6.27. The monoisotopic (exact) mass is 229 g/mol. The lowest BCUT2D eigenvalue weighted by Gasteiger charge is -2.41. The highest BCUT2D eigenvalue weighted by atomic mass is 35.5. The second-order valence-corrected chi connectivity index (χ2v) is 4.42. The minimum absolute atomic E-state index is 0. The zero-order valence-electron chi connectivity index (χ0n) is 8.26. The molecular formula is C11H16ClNS. The zero-order valence-corrected chi connectivity index (χ0v) is 9.97. The Morgan fingerprint density at radius 2 is 1.86 bits per heavy atom. The van der Waals surface area contributed by atoms with Crippen molar-refractivity contribution in [1.82, 2.24) is 4.90 Å². The summed E-state index contributed by atoms with van der Waals surface area (Å²) in [6.07, 6.45) is 0. The fourth-order valence-corrected chi connectivity index (χ4v) is 2.17. The lowest BCUT2D eigenvalue weighted by Crippen LogP contribution is -2.48. The maximum Gasteiger partial charge on any atom is 0.0320 e. The van der Waals surface area contributed by atoms with Crippen molar-refractivity contribution >= 4 is 25.0 Å². The van der Waals surface area contributed by atoms with E-state index in [4.69, 9.17) is 0 Å². The third kappa shape index (κ3) is 2.44. The van der Waals surface area contributed by atoms with Crippen LogP contribution in [0.5, 0.6) is 0 Å². The Morgan fingerprint density at radius 1 is 1.29 bits per heavy atom. The topological polar surface area (TPSA) is 3.24 Å². The smallest absolute Gasteiger partial charge is 0.0320 e. The van der Waals surface area contributed by atoms with Gasteiger partial charge in [0.15, 0.2) is 0 Å². The Labute approximate surface area is 97.3 Å². The van der Waals surface area contributed by atoms with Crippen LogP contribution in [0.25, 0.3) is 0 Å². The minimum atomic E-state index is 0. The second-order valence-electron chi connectivity index (χ2n) is 3.69. The lowest BCUT2D eigenvalue weighted by molar-refractivity contribution is 0.137. The molecule has 1 aliphatic heterocycles. The Balaban J connectivity index is 0.000000980. The summed E-state index contributed by atoms with van der Waals surface area (Å²) in [5, 5.41) is 0.589. The molecule has 1 fully saturated rings. The van der Waals surface area contributed by atoms with Gasteiger partial charge < -0.3 is 0 Å². The molecule has 0 saturated carbocycles. The Kier molecular flexibility index (Phi) is 4.30. The summed E-state index contributed by atoms with van der Waals surface area (Å²) in [4.78, 5) is 2.45. The van der Waals surface area contributed by atoms with Crippen LogP contribution in [0.2, 0.25) is 0 Å². The van der Waals surface area contributed by atoms with E-state index in [1.807, 2.05) is 0 Å². The summed E-state index contributed by atoms with van der Waals surface area (Å²) in [6.45, 7) is 4.51. The van der Waals surface area contributed by atoms with Gasteiger partial charge in [-0.15, -0.1) is 12.4 Å². The predicted octanol–water partition coefficient (Wildman–Crippen LogP) is 2.78. The number of benzene rings is 1. The maximum atomic E-state index is 4.41. The predicted molar refractivity (Wildman–Crippen MR) is 66.5 cm³/mol. The number of halogens is 1. The molecule has 14 heavy (non-hydrogen) atoms. The molecule has 1 saturated heterocycles. The van der Waals surface area contributed by atoms with Crippen molar-refractivity contribution in [3.8, 4) is 0 Å². The molecule has 0 amide bonds. The highest BCUT2D eigenvalue weighted by Gasteiger charge is 2.27. The van der Waals surface area contributed by atoms with E-state index in [2.05, 4.69) is 54.8 Å². The molecule has 0 unspecified atom stereocenters. The quantitative estimate of drug-likeness (QED) is 0.764. The van der Waals surface area contributed by atoms with E-state index < -0.39 is 0 Å². The van der Waals surface area contributed by atoms with Gasteiger partial charge in [0.05, 0.1) is 0 Å². The Bertz CT molecular complexity index is 272. The largest absolute Gasteiger partial charge is 0.294 e. The van der Waals surface area contributed by atoms with Crippen LogP contribution in [0.3, 0.4) is 0 Å². The molecule has 1 atom stereocenters. The molecule has 0 aromatic heterocycles. The van der Waals surface area contributed by atoms with Crippen LogP contribution in [0.4, 0.5) is 0 Å². The summed E-state index contributed by atoms with van der Waals surface area (Å²) >= 11 is 4.41. The molecule has 0 N–H and O–H groups in total. The van der Waals surface area contributed by atoms with E-state index in [0.29, 0.717) is 11.3 Å². The van der Waals surface area contributed by atoms with Crippen molar-refractivity contribution in [2.24, 2.45) is 0 Å². The van der Waals surface area contributed by atoms with Gasteiger partial charge in [-0.2, -0.15) is 12.6 Å². The molecule has 78 valence electrons. The van der Waals surface area contributed by atoms with E-state index in [0.717, 1.165) is 13.1 Å². The van der Waals surface area contributed by atoms with Crippen LogP contribution in [0.15, 0.2) is 30.3 Å². The minimum Gasteiger partial charge on any atom is -0.294 e. The van der Waals surface area contributed by atoms with Crippen molar-refractivity contribution in [2.75, 3.05) is 13.1 Å². The fraction of sp³-hybridized carbons (Fsp3) is 0.455. The van der Waals surface area contributed by atoms with Gasteiger partial charge in [-0.1, -0.05) is 30.3 Å². The summed E-state index contributed by atoms with van der Waals surface area (Å²) in [7, 11) is 0. The molecule has 1 aliphatic rings. The molecule has 0 aliphatic carbocycles. The number of hydrogen-bond acceptors (Lipinski definition) is 2. The molecule has 3 heteroatoms. The van der Waals surface area contributed by atoms with Gasteiger partial charge in [-0.3, -0.25) is 4.90 Å². The van der Waals surface area contributed by atoms with Gasteiger partial charge in [0.25, 0.3) is 0 Å². The standard InChI is InChI=1S/C11H15NS.ClH/c1-9(12-7-11(13)8-12)10-5-3-2-4-6-10;/h2-6,9,11,13H,7-8H2,1H3;1H/t9-;/m1./s1. The van der Waals surface area contributed by atoms with Crippen LogP contribution in [-0.4, -0.2) is 23.2 Å². The number of nitrogens with zero attached hydrogens (tertiary/aromatic N) is 1. The first-order valence-electron chi connectivity index (χ1n) is 4.74. The number of rotatable bonds is 2. The molecule has 1 heterocycles. The zero-order chi connectivity index (χ0) is 9.26. The van der Waals surface area contributed by atoms with Crippen LogP contribution >= 0.6 is 25.0 Å². The highest BCUT2D eigenvalue weighted by Crippen LogP contribution is 2.26. The van der Waals surface area contributed by atoms with Crippen molar-refractivity contribution < 1.29 is 0 Å². The van der Waals surface area contributed by atoms with Crippen molar-refractivity contribution in [2.45, 2.75) is 18.2 Å². The number of thiol groups is 1. The van der Waals surface area contributed by atoms with E-state index in [1.54, 1.807) is 0 Å². The van der Waals surface area contributed by atoms with Gasteiger partial charge in [0, 0.05) is 24.4 Å². The van der Waals surface area contributed by atoms with Crippen LogP contribution in [0.1, 0.15) is 18.5 Å². The first kappa shape index (κ1) is 11.9. The number of likely N-dealkylation sites (tertiary alicyclic amines) is 1. The third-order valence-corrected chi connectivity index (χ3v) is 3.05. The summed E-state index contributed by atoms with van der Waals surface area (Å²) in [5.74, 6) is 0. The number of hydrogen-bond donors (Lipinski definition) is 1. The molecule has 0 radical (unpaired) electrons. The second kappa shape index (κ2) is 5.06. The highest BCUT2D eigenvalue weighted by molar-refractivity contribution is 7.81. The summed E-state index contributed by atoms with van der Waals surface area (Å²) < 4.78 is 0. The third-order valence-electron chi connectivity index (χ3n) is 2.72. The molecule has 2 rings (SSSR count). The average molecular weight is 230 g/mol. The van der Waals surface area contributed by atoms with Crippen molar-refractivity contribution in [1.29, 1.82) is 0 Å². The summed E-state index contributed by atoms with van der Waals surface area (Å²) in [6, 6.07) is 11.2. The molecular weight excluding hydrogens is 214 g/mol. The Morgan fingerprint density at radius 3 is 2.36 bits per heavy atom. The molecule has 1 nitrogen and oxygen atoms in total. The average Bonchev–Trinajstić information content (AvgIpc) is 2.13. The summed E-state index contributed by atoms with van der Waals surface area (Å²) in [5.41, 5.74) is 1.41. The molecule has 1 aromatic carbocycles. The fourth-order valence-electron chi connectivity index (χ4n) is 1.75. The molecule has 0 spiro atoms. The van der Waals surface area contributed by atoms with Crippen molar-refractivity contribution in [3.63, 3.8) is 0 Å².